The summed E-state index contributed by atoms with van der Waals surface area (Å²) in [5, 5.41) is 4.55. The normalized spacial score (nSPS) is 10.4. The minimum absolute atomic E-state index is 0.279. The van der Waals surface area contributed by atoms with Crippen LogP contribution in [0.2, 0.25) is 0 Å². The lowest BCUT2D eigenvalue weighted by Crippen LogP contribution is -2.28. The third kappa shape index (κ3) is 4.59. The van der Waals surface area contributed by atoms with Gasteiger partial charge in [-0.15, -0.1) is 0 Å². The van der Waals surface area contributed by atoms with E-state index in [1.165, 1.54) is 7.11 Å². The highest BCUT2D eigenvalue weighted by atomic mass is 16.5. The molecule has 0 saturated heterocycles. The van der Waals surface area contributed by atoms with Gasteiger partial charge in [0.15, 0.2) is 6.61 Å². The Morgan fingerprint density at radius 3 is 2.36 bits per heavy atom. The third-order valence-corrected chi connectivity index (χ3v) is 4.25. The van der Waals surface area contributed by atoms with Crippen LogP contribution in [0, 0.1) is 0 Å². The van der Waals surface area contributed by atoms with Crippen LogP contribution in [0.25, 0.3) is 10.8 Å². The lowest BCUT2D eigenvalue weighted by molar-refractivity contribution is -0.124. The van der Waals surface area contributed by atoms with E-state index in [0.29, 0.717) is 18.0 Å². The first kappa shape index (κ1) is 19.2. The van der Waals surface area contributed by atoms with E-state index in [1.54, 1.807) is 19.2 Å². The number of nitrogens with one attached hydrogen (secondary N) is 1. The van der Waals surface area contributed by atoms with E-state index in [4.69, 9.17) is 14.2 Å². The lowest BCUT2D eigenvalue weighted by Gasteiger charge is -2.11. The second-order valence-electron chi connectivity index (χ2n) is 6.10. The molecular weight excluding hydrogens is 358 g/mol. The first-order valence-corrected chi connectivity index (χ1v) is 8.74. The largest absolute Gasteiger partial charge is 0.497 e. The van der Waals surface area contributed by atoms with Crippen molar-refractivity contribution in [3.8, 4) is 11.5 Å². The van der Waals surface area contributed by atoms with Gasteiger partial charge in [0, 0.05) is 6.54 Å². The molecule has 0 saturated carbocycles. The standard InChI is InChI=1S/C22H21NO5/c1-26-18-9-5-6-15(10-18)13-23-21(24)14-28-22(25)19-11-16-7-3-4-8-17(16)12-20(19)27-2/h3-12H,13-14H2,1-2H3,(H,23,24). The number of carbonyl (C=O) groups excluding carboxylic acids is 2. The summed E-state index contributed by atoms with van der Waals surface area (Å²) in [6, 6.07) is 18.4. The molecule has 1 amide bonds. The van der Waals surface area contributed by atoms with Crippen molar-refractivity contribution in [1.82, 2.24) is 5.32 Å². The summed E-state index contributed by atoms with van der Waals surface area (Å²) in [6.07, 6.45) is 0. The number of benzene rings is 3. The summed E-state index contributed by atoms with van der Waals surface area (Å²) in [6.45, 7) is -0.0638. The van der Waals surface area contributed by atoms with Crippen LogP contribution < -0.4 is 14.8 Å². The molecule has 3 aromatic rings. The molecule has 0 bridgehead atoms. The molecule has 0 unspecified atom stereocenters. The maximum Gasteiger partial charge on any atom is 0.342 e. The van der Waals surface area contributed by atoms with Gasteiger partial charge in [-0.2, -0.15) is 0 Å². The smallest absolute Gasteiger partial charge is 0.342 e. The Labute approximate surface area is 163 Å². The Morgan fingerprint density at radius 1 is 0.893 bits per heavy atom. The van der Waals surface area contributed by atoms with Crippen LogP contribution in [0.1, 0.15) is 15.9 Å². The molecule has 28 heavy (non-hydrogen) atoms. The Hall–Kier alpha value is -3.54. The number of carbonyl (C=O) groups is 2. The molecule has 0 heterocycles. The summed E-state index contributed by atoms with van der Waals surface area (Å²) in [5.74, 6) is 0.108. The van der Waals surface area contributed by atoms with Crippen molar-refractivity contribution in [3.63, 3.8) is 0 Å². The number of hydrogen-bond donors (Lipinski definition) is 1. The molecule has 0 atom stereocenters. The molecule has 0 aliphatic rings. The summed E-state index contributed by atoms with van der Waals surface area (Å²) in [5.41, 5.74) is 1.16. The third-order valence-electron chi connectivity index (χ3n) is 4.25. The molecule has 0 aliphatic heterocycles. The molecule has 0 spiro atoms. The van der Waals surface area contributed by atoms with Gasteiger partial charge in [0.2, 0.25) is 0 Å². The van der Waals surface area contributed by atoms with Gasteiger partial charge in [0.1, 0.15) is 17.1 Å². The average Bonchev–Trinajstić information content (AvgIpc) is 2.75. The van der Waals surface area contributed by atoms with Crippen LogP contribution in [0.15, 0.2) is 60.7 Å². The van der Waals surface area contributed by atoms with Gasteiger partial charge in [-0.05, 0) is 40.6 Å². The van der Waals surface area contributed by atoms with Gasteiger partial charge in [-0.3, -0.25) is 4.79 Å². The summed E-state index contributed by atoms with van der Waals surface area (Å²) in [4.78, 5) is 24.5. The van der Waals surface area contributed by atoms with E-state index in [1.807, 2.05) is 48.5 Å². The van der Waals surface area contributed by atoms with Crippen molar-refractivity contribution < 1.29 is 23.8 Å². The van der Waals surface area contributed by atoms with E-state index in [-0.39, 0.29) is 12.2 Å². The van der Waals surface area contributed by atoms with E-state index in [2.05, 4.69) is 5.32 Å². The van der Waals surface area contributed by atoms with Crippen LogP contribution >= 0.6 is 0 Å². The Bertz CT molecular complexity index is 999. The molecule has 3 rings (SSSR count). The Morgan fingerprint density at radius 2 is 1.64 bits per heavy atom. The fourth-order valence-electron chi connectivity index (χ4n) is 2.79. The second kappa shape index (κ2) is 8.90. The molecular formula is C22H21NO5. The van der Waals surface area contributed by atoms with Crippen molar-refractivity contribution >= 4 is 22.6 Å². The fourth-order valence-corrected chi connectivity index (χ4v) is 2.79. The number of methoxy groups -OCH3 is 2. The van der Waals surface area contributed by atoms with E-state index < -0.39 is 11.9 Å². The maximum absolute atomic E-state index is 12.4. The molecule has 144 valence electrons. The van der Waals surface area contributed by atoms with Crippen molar-refractivity contribution in [2.45, 2.75) is 6.54 Å². The van der Waals surface area contributed by atoms with Crippen molar-refractivity contribution in [1.29, 1.82) is 0 Å². The topological polar surface area (TPSA) is 73.9 Å². The van der Waals surface area contributed by atoms with Gasteiger partial charge in [-0.25, -0.2) is 4.79 Å². The van der Waals surface area contributed by atoms with Gasteiger partial charge < -0.3 is 19.5 Å². The molecule has 6 nitrogen and oxygen atoms in total. The molecule has 3 aromatic carbocycles. The van der Waals surface area contributed by atoms with Crippen LogP contribution in [0.3, 0.4) is 0 Å². The fraction of sp³-hybridized carbons (Fsp3) is 0.182. The minimum atomic E-state index is -0.612. The van der Waals surface area contributed by atoms with Crippen molar-refractivity contribution in [2.75, 3.05) is 20.8 Å². The van der Waals surface area contributed by atoms with Crippen LogP contribution in [-0.2, 0) is 16.1 Å². The SMILES string of the molecule is COc1cccc(CNC(=O)COC(=O)c2cc3ccccc3cc2OC)c1. The Balaban J connectivity index is 1.60. The molecule has 0 aromatic heterocycles. The molecule has 0 fully saturated rings. The number of esters is 1. The van der Waals surface area contributed by atoms with Gasteiger partial charge >= 0.3 is 5.97 Å². The zero-order valence-electron chi connectivity index (χ0n) is 15.7. The molecule has 1 N–H and O–H groups in total. The molecule has 0 aliphatic carbocycles. The van der Waals surface area contributed by atoms with Crippen LogP contribution in [0.4, 0.5) is 0 Å². The average molecular weight is 379 g/mol. The van der Waals surface area contributed by atoms with Crippen molar-refractivity contribution in [2.24, 2.45) is 0 Å². The van der Waals surface area contributed by atoms with Crippen LogP contribution in [0.5, 0.6) is 11.5 Å². The van der Waals surface area contributed by atoms with Gasteiger partial charge in [-0.1, -0.05) is 36.4 Å². The maximum atomic E-state index is 12.4. The zero-order valence-corrected chi connectivity index (χ0v) is 15.7. The zero-order chi connectivity index (χ0) is 19.9. The predicted octanol–water partition coefficient (Wildman–Crippen LogP) is 3.33. The summed E-state index contributed by atoms with van der Waals surface area (Å²) in [7, 11) is 3.07. The quantitative estimate of drug-likeness (QED) is 0.638. The Kier molecular flexibility index (Phi) is 6.11. The number of amides is 1. The van der Waals surface area contributed by atoms with Crippen molar-refractivity contribution in [3.05, 3.63) is 71.8 Å². The second-order valence-corrected chi connectivity index (χ2v) is 6.10. The van der Waals surface area contributed by atoms with E-state index in [0.717, 1.165) is 16.3 Å². The van der Waals surface area contributed by atoms with Gasteiger partial charge in [0.25, 0.3) is 5.91 Å². The highest BCUT2D eigenvalue weighted by Gasteiger charge is 2.16. The summed E-state index contributed by atoms with van der Waals surface area (Å²) >= 11 is 0. The predicted molar refractivity (Wildman–Crippen MR) is 106 cm³/mol. The molecule has 6 heteroatoms. The highest BCUT2D eigenvalue weighted by molar-refractivity contribution is 5.99. The highest BCUT2D eigenvalue weighted by Crippen LogP contribution is 2.26. The van der Waals surface area contributed by atoms with E-state index >= 15 is 0 Å². The first-order chi connectivity index (χ1) is 13.6. The van der Waals surface area contributed by atoms with E-state index in [9.17, 15) is 9.59 Å². The molecule has 0 radical (unpaired) electrons. The minimum Gasteiger partial charge on any atom is -0.497 e. The summed E-state index contributed by atoms with van der Waals surface area (Å²) < 4.78 is 15.6. The van der Waals surface area contributed by atoms with Crippen LogP contribution in [-0.4, -0.2) is 32.7 Å². The number of fused-ring (bicyclic) bond motifs is 1. The lowest BCUT2D eigenvalue weighted by atomic mass is 10.1. The number of rotatable bonds is 7. The number of hydrogen-bond acceptors (Lipinski definition) is 5. The first-order valence-electron chi connectivity index (χ1n) is 8.74. The van der Waals surface area contributed by atoms with Gasteiger partial charge in [0.05, 0.1) is 14.2 Å². The number of ether oxygens (including phenoxy) is 3. The monoisotopic (exact) mass is 379 g/mol.